The van der Waals surface area contributed by atoms with Crippen molar-refractivity contribution >= 4 is 29.5 Å². The molecule has 2 aromatic carbocycles. The zero-order chi connectivity index (χ0) is 21.8. The van der Waals surface area contributed by atoms with Crippen LogP contribution in [-0.2, 0) is 20.9 Å². The van der Waals surface area contributed by atoms with Crippen molar-refractivity contribution in [1.29, 1.82) is 0 Å². The number of amides is 2. The van der Waals surface area contributed by atoms with Crippen LogP contribution in [0.5, 0.6) is 5.75 Å². The number of halogens is 1. The van der Waals surface area contributed by atoms with E-state index in [4.69, 9.17) is 21.1 Å². The number of hydrogen-bond donors (Lipinski definition) is 2. The Labute approximate surface area is 186 Å². The second-order valence-electron chi connectivity index (χ2n) is 7.81. The van der Waals surface area contributed by atoms with E-state index in [1.54, 1.807) is 19.3 Å². The van der Waals surface area contributed by atoms with Crippen molar-refractivity contribution in [3.05, 3.63) is 70.4 Å². The molecule has 3 unspecified atom stereocenters. The zero-order valence-electron chi connectivity index (χ0n) is 17.3. The summed E-state index contributed by atoms with van der Waals surface area (Å²) >= 11 is 6.19. The summed E-state index contributed by atoms with van der Waals surface area (Å²) in [6.07, 6.45) is 3.46. The van der Waals surface area contributed by atoms with Gasteiger partial charge in [-0.25, -0.2) is 0 Å². The van der Waals surface area contributed by atoms with Crippen LogP contribution in [0.1, 0.15) is 30.4 Å². The highest BCUT2D eigenvalue weighted by atomic mass is 35.5. The molecule has 6 nitrogen and oxygen atoms in total. The Bertz CT molecular complexity index is 1010. The number of fused-ring (bicyclic) bond motifs is 1. The first kappa shape index (κ1) is 21.2. The molecule has 7 heteroatoms. The van der Waals surface area contributed by atoms with Gasteiger partial charge in [-0.2, -0.15) is 0 Å². The Morgan fingerprint density at radius 3 is 2.81 bits per heavy atom. The second-order valence-corrected chi connectivity index (χ2v) is 8.21. The van der Waals surface area contributed by atoms with E-state index in [-0.39, 0.29) is 35.6 Å². The Morgan fingerprint density at radius 2 is 2.00 bits per heavy atom. The molecule has 2 N–H and O–H groups in total. The van der Waals surface area contributed by atoms with Crippen molar-refractivity contribution in [1.82, 2.24) is 10.6 Å². The Hall–Kier alpha value is -2.99. The fraction of sp³-hybridized carbons (Fsp3) is 0.333. The third-order valence-electron chi connectivity index (χ3n) is 5.81. The topological polar surface area (TPSA) is 76.7 Å². The van der Waals surface area contributed by atoms with Crippen molar-refractivity contribution in [3.63, 3.8) is 0 Å². The minimum Gasteiger partial charge on any atom is -0.496 e. The van der Waals surface area contributed by atoms with Crippen LogP contribution in [0.4, 0.5) is 0 Å². The molecule has 0 radical (unpaired) electrons. The van der Waals surface area contributed by atoms with Crippen LogP contribution >= 0.6 is 11.6 Å². The van der Waals surface area contributed by atoms with Crippen molar-refractivity contribution in [3.8, 4) is 5.75 Å². The van der Waals surface area contributed by atoms with Gasteiger partial charge in [0.2, 0.25) is 5.91 Å². The number of hydrogen-bond acceptors (Lipinski definition) is 4. The average Bonchev–Trinajstić information content (AvgIpc) is 2.79. The van der Waals surface area contributed by atoms with Crippen LogP contribution in [0.3, 0.4) is 0 Å². The van der Waals surface area contributed by atoms with Gasteiger partial charge in [0, 0.05) is 23.0 Å². The van der Waals surface area contributed by atoms with Gasteiger partial charge in [-0.3, -0.25) is 9.59 Å². The molecule has 0 spiro atoms. The van der Waals surface area contributed by atoms with E-state index in [0.717, 1.165) is 16.9 Å². The molecule has 2 aromatic rings. The zero-order valence-corrected chi connectivity index (χ0v) is 18.0. The first-order chi connectivity index (χ1) is 15.0. The molecule has 1 aliphatic heterocycles. The Morgan fingerprint density at radius 1 is 1.23 bits per heavy atom. The molecule has 31 heavy (non-hydrogen) atoms. The smallest absolute Gasteiger partial charge is 0.286 e. The highest BCUT2D eigenvalue weighted by Crippen LogP contribution is 2.32. The number of rotatable bonds is 5. The molecule has 2 amide bonds. The van der Waals surface area contributed by atoms with E-state index in [9.17, 15) is 9.59 Å². The molecule has 2 aliphatic rings. The van der Waals surface area contributed by atoms with Crippen LogP contribution in [-0.4, -0.2) is 31.1 Å². The van der Waals surface area contributed by atoms with Gasteiger partial charge in [0.15, 0.2) is 5.76 Å². The molecule has 3 atom stereocenters. The number of para-hydroxylation sites is 1. The van der Waals surface area contributed by atoms with Gasteiger partial charge in [-0.15, -0.1) is 0 Å². The minimum absolute atomic E-state index is 0.0176. The summed E-state index contributed by atoms with van der Waals surface area (Å²) in [7, 11) is 1.61. The van der Waals surface area contributed by atoms with E-state index in [2.05, 4.69) is 10.6 Å². The first-order valence-corrected chi connectivity index (χ1v) is 10.8. The largest absolute Gasteiger partial charge is 0.496 e. The molecule has 1 aliphatic carbocycles. The van der Waals surface area contributed by atoms with Gasteiger partial charge in [-0.1, -0.05) is 48.0 Å². The number of ether oxygens (including phenoxy) is 2. The standard InChI is InChI=1S/C24H25ClN2O4/c1-30-20-9-5-3-7-17(20)14-26-23(28)16-10-11-21-19(12-16)27-24(29)22(31-21)13-15-6-2-4-8-18(15)25/h2-9,13,16,19,21H,10-12,14H2,1H3,(H,26,28)(H,27,29)/b22-13+. The van der Waals surface area contributed by atoms with Crippen LogP contribution in [0.15, 0.2) is 54.3 Å². The van der Waals surface area contributed by atoms with Gasteiger partial charge in [0.1, 0.15) is 11.9 Å². The van der Waals surface area contributed by atoms with Gasteiger partial charge < -0.3 is 20.1 Å². The lowest BCUT2D eigenvalue weighted by molar-refractivity contribution is -0.134. The molecule has 1 heterocycles. The second kappa shape index (κ2) is 9.43. The molecule has 162 valence electrons. The van der Waals surface area contributed by atoms with E-state index < -0.39 is 0 Å². The molecule has 0 aromatic heterocycles. The van der Waals surface area contributed by atoms with Gasteiger partial charge in [0.05, 0.1) is 13.2 Å². The molecule has 4 rings (SSSR count). The first-order valence-electron chi connectivity index (χ1n) is 10.4. The normalized spacial score (nSPS) is 24.0. The highest BCUT2D eigenvalue weighted by Gasteiger charge is 2.40. The van der Waals surface area contributed by atoms with Crippen LogP contribution in [0.2, 0.25) is 5.02 Å². The summed E-state index contributed by atoms with van der Waals surface area (Å²) < 4.78 is 11.3. The summed E-state index contributed by atoms with van der Waals surface area (Å²) in [4.78, 5) is 25.3. The maximum Gasteiger partial charge on any atom is 0.286 e. The highest BCUT2D eigenvalue weighted by molar-refractivity contribution is 6.32. The number of methoxy groups -OCH3 is 1. The molecular formula is C24H25ClN2O4. The lowest BCUT2D eigenvalue weighted by Crippen LogP contribution is -2.54. The maximum atomic E-state index is 12.7. The SMILES string of the molecule is COc1ccccc1CNC(=O)C1CCC2O/C(=C/c3ccccc3Cl)C(=O)NC2C1. The lowest BCUT2D eigenvalue weighted by Gasteiger charge is -2.39. The fourth-order valence-corrected chi connectivity index (χ4v) is 4.33. The summed E-state index contributed by atoms with van der Waals surface area (Å²) in [5.41, 5.74) is 1.66. The fourth-order valence-electron chi connectivity index (χ4n) is 4.14. The predicted octanol–water partition coefficient (Wildman–Crippen LogP) is 3.69. The monoisotopic (exact) mass is 440 g/mol. The summed E-state index contributed by atoms with van der Waals surface area (Å²) in [6.45, 7) is 0.404. The van der Waals surface area contributed by atoms with Crippen molar-refractivity contribution < 1.29 is 19.1 Å². The van der Waals surface area contributed by atoms with Crippen LogP contribution < -0.4 is 15.4 Å². The van der Waals surface area contributed by atoms with Crippen molar-refractivity contribution in [2.75, 3.05) is 7.11 Å². The lowest BCUT2D eigenvalue weighted by atomic mass is 9.82. The Balaban J connectivity index is 1.36. The molecular weight excluding hydrogens is 416 g/mol. The predicted molar refractivity (Wildman–Crippen MR) is 118 cm³/mol. The average molecular weight is 441 g/mol. The van der Waals surface area contributed by atoms with Gasteiger partial charge in [-0.05, 0) is 43.0 Å². The molecule has 2 fully saturated rings. The third kappa shape index (κ3) is 4.85. The van der Waals surface area contributed by atoms with E-state index in [0.29, 0.717) is 30.8 Å². The molecule has 1 saturated carbocycles. The number of morpholine rings is 1. The van der Waals surface area contributed by atoms with E-state index >= 15 is 0 Å². The number of carbonyl (C=O) groups excluding carboxylic acids is 2. The molecule has 1 saturated heterocycles. The van der Waals surface area contributed by atoms with Crippen molar-refractivity contribution in [2.45, 2.75) is 38.0 Å². The van der Waals surface area contributed by atoms with Gasteiger partial charge >= 0.3 is 0 Å². The van der Waals surface area contributed by atoms with E-state index in [1.165, 1.54) is 0 Å². The Kier molecular flexibility index (Phi) is 6.47. The van der Waals surface area contributed by atoms with E-state index in [1.807, 2.05) is 42.5 Å². The third-order valence-corrected chi connectivity index (χ3v) is 6.16. The maximum absolute atomic E-state index is 12.7. The van der Waals surface area contributed by atoms with Gasteiger partial charge in [0.25, 0.3) is 5.91 Å². The number of benzene rings is 2. The quantitative estimate of drug-likeness (QED) is 0.695. The summed E-state index contributed by atoms with van der Waals surface area (Å²) in [5, 5.41) is 6.57. The van der Waals surface area contributed by atoms with Crippen molar-refractivity contribution in [2.24, 2.45) is 5.92 Å². The number of nitrogens with one attached hydrogen (secondary N) is 2. The van der Waals surface area contributed by atoms with Crippen LogP contribution in [0.25, 0.3) is 6.08 Å². The minimum atomic E-state index is -0.281. The summed E-state index contributed by atoms with van der Waals surface area (Å²) in [6, 6.07) is 14.7. The number of carbonyl (C=O) groups is 2. The van der Waals surface area contributed by atoms with Crippen LogP contribution in [0, 0.1) is 5.92 Å². The summed E-state index contributed by atoms with van der Waals surface area (Å²) in [5.74, 6) is 0.534. The molecule has 0 bridgehead atoms.